The van der Waals surface area contributed by atoms with E-state index in [1.54, 1.807) is 0 Å². The molecule has 2 rings (SSSR count). The van der Waals surface area contributed by atoms with Crippen molar-refractivity contribution >= 4 is 10.0 Å². The molecule has 1 aliphatic rings. The van der Waals surface area contributed by atoms with Crippen molar-refractivity contribution in [1.82, 2.24) is 4.72 Å². The molecule has 1 saturated carbocycles. The zero-order valence-corrected chi connectivity index (χ0v) is 9.50. The molecule has 0 aromatic heterocycles. The average molecular weight is 236 g/mol. The van der Waals surface area contributed by atoms with E-state index in [4.69, 9.17) is 5.26 Å². The first-order valence-electron chi connectivity index (χ1n) is 5.11. The SMILES string of the molecule is N#Cc1ccc(S(=O)(=O)NCC2CC2)cc1. The molecule has 1 aliphatic carbocycles. The molecule has 0 atom stereocenters. The lowest BCUT2D eigenvalue weighted by atomic mass is 10.2. The van der Waals surface area contributed by atoms with Gasteiger partial charge in [0.15, 0.2) is 0 Å². The summed E-state index contributed by atoms with van der Waals surface area (Å²) in [4.78, 5) is 0.215. The molecule has 0 saturated heterocycles. The predicted molar refractivity (Wildman–Crippen MR) is 59.1 cm³/mol. The van der Waals surface area contributed by atoms with Crippen LogP contribution >= 0.6 is 0 Å². The Morgan fingerprint density at radius 1 is 1.31 bits per heavy atom. The summed E-state index contributed by atoms with van der Waals surface area (Å²) in [6.45, 7) is 0.516. The fourth-order valence-corrected chi connectivity index (χ4v) is 2.46. The molecule has 1 N–H and O–H groups in total. The van der Waals surface area contributed by atoms with Crippen molar-refractivity contribution in [2.45, 2.75) is 17.7 Å². The van der Waals surface area contributed by atoms with Crippen LogP contribution in [0.15, 0.2) is 29.2 Å². The first kappa shape index (κ1) is 11.1. The molecular formula is C11H12N2O2S. The zero-order valence-electron chi connectivity index (χ0n) is 8.68. The highest BCUT2D eigenvalue weighted by atomic mass is 32.2. The Hall–Kier alpha value is -1.38. The van der Waals surface area contributed by atoms with E-state index in [1.165, 1.54) is 24.3 Å². The van der Waals surface area contributed by atoms with Crippen molar-refractivity contribution in [2.24, 2.45) is 5.92 Å². The van der Waals surface area contributed by atoms with Gasteiger partial charge in [-0.15, -0.1) is 0 Å². The van der Waals surface area contributed by atoms with Gasteiger partial charge in [-0.25, -0.2) is 13.1 Å². The lowest BCUT2D eigenvalue weighted by Crippen LogP contribution is -2.25. The largest absolute Gasteiger partial charge is 0.240 e. The van der Waals surface area contributed by atoms with Crippen LogP contribution in [0.1, 0.15) is 18.4 Å². The fraction of sp³-hybridized carbons (Fsp3) is 0.364. The molecule has 0 aliphatic heterocycles. The molecule has 0 amide bonds. The highest BCUT2D eigenvalue weighted by Crippen LogP contribution is 2.28. The molecule has 0 heterocycles. The molecule has 1 aromatic rings. The third-order valence-corrected chi connectivity index (χ3v) is 3.99. The topological polar surface area (TPSA) is 70.0 Å². The number of hydrogen-bond donors (Lipinski definition) is 1. The Morgan fingerprint density at radius 2 is 1.94 bits per heavy atom. The van der Waals surface area contributed by atoms with Crippen LogP contribution in [0.4, 0.5) is 0 Å². The molecule has 4 nitrogen and oxygen atoms in total. The summed E-state index contributed by atoms with van der Waals surface area (Å²) in [5.41, 5.74) is 0.459. The van der Waals surface area contributed by atoms with Gasteiger partial charge in [0.25, 0.3) is 0 Å². The van der Waals surface area contributed by atoms with Crippen molar-refractivity contribution in [3.8, 4) is 6.07 Å². The lowest BCUT2D eigenvalue weighted by molar-refractivity contribution is 0.577. The first-order valence-corrected chi connectivity index (χ1v) is 6.60. The van der Waals surface area contributed by atoms with Crippen LogP contribution in [0.2, 0.25) is 0 Å². The lowest BCUT2D eigenvalue weighted by Gasteiger charge is -2.05. The van der Waals surface area contributed by atoms with Crippen LogP contribution in [0, 0.1) is 17.2 Å². The Kier molecular flexibility index (Phi) is 2.95. The van der Waals surface area contributed by atoms with Crippen LogP contribution in [-0.4, -0.2) is 15.0 Å². The summed E-state index contributed by atoms with van der Waals surface area (Å²) in [7, 11) is -3.40. The number of nitrogens with one attached hydrogen (secondary N) is 1. The number of hydrogen-bond acceptors (Lipinski definition) is 3. The molecule has 0 bridgehead atoms. The van der Waals surface area contributed by atoms with Crippen molar-refractivity contribution in [3.05, 3.63) is 29.8 Å². The van der Waals surface area contributed by atoms with Crippen molar-refractivity contribution in [2.75, 3.05) is 6.54 Å². The Bertz CT molecular complexity index is 510. The second-order valence-electron chi connectivity index (χ2n) is 3.93. The van der Waals surface area contributed by atoms with E-state index < -0.39 is 10.0 Å². The molecule has 0 spiro atoms. The molecule has 1 aromatic carbocycles. The van der Waals surface area contributed by atoms with Gasteiger partial charge in [-0.3, -0.25) is 0 Å². The number of rotatable bonds is 4. The van der Waals surface area contributed by atoms with E-state index in [0.717, 1.165) is 12.8 Å². The summed E-state index contributed by atoms with van der Waals surface area (Å²) in [6, 6.07) is 7.87. The average Bonchev–Trinajstić information content (AvgIpc) is 3.10. The molecular weight excluding hydrogens is 224 g/mol. The molecule has 5 heteroatoms. The molecule has 16 heavy (non-hydrogen) atoms. The third kappa shape index (κ3) is 2.60. The second-order valence-corrected chi connectivity index (χ2v) is 5.70. The number of benzene rings is 1. The molecule has 84 valence electrons. The highest BCUT2D eigenvalue weighted by molar-refractivity contribution is 7.89. The van der Waals surface area contributed by atoms with E-state index in [1.807, 2.05) is 6.07 Å². The van der Waals surface area contributed by atoms with E-state index in [0.29, 0.717) is 18.0 Å². The summed E-state index contributed by atoms with van der Waals surface area (Å²) < 4.78 is 26.1. The van der Waals surface area contributed by atoms with E-state index in [2.05, 4.69) is 4.72 Å². The normalized spacial score (nSPS) is 15.7. The van der Waals surface area contributed by atoms with Crippen molar-refractivity contribution < 1.29 is 8.42 Å². The fourth-order valence-electron chi connectivity index (χ4n) is 1.34. The van der Waals surface area contributed by atoms with Gasteiger partial charge in [-0.2, -0.15) is 5.26 Å². The van der Waals surface area contributed by atoms with Gasteiger partial charge < -0.3 is 0 Å². The van der Waals surface area contributed by atoms with Gasteiger partial charge in [0.1, 0.15) is 0 Å². The second kappa shape index (κ2) is 4.24. The Balaban J connectivity index is 2.11. The highest BCUT2D eigenvalue weighted by Gasteiger charge is 2.24. The molecule has 1 fully saturated rings. The number of nitrogens with zero attached hydrogens (tertiary/aromatic N) is 1. The Labute approximate surface area is 95.0 Å². The van der Waals surface area contributed by atoms with Crippen LogP contribution < -0.4 is 4.72 Å². The maximum Gasteiger partial charge on any atom is 0.240 e. The van der Waals surface area contributed by atoms with Crippen LogP contribution in [0.3, 0.4) is 0 Å². The van der Waals surface area contributed by atoms with Gasteiger partial charge in [-0.1, -0.05) is 0 Å². The monoisotopic (exact) mass is 236 g/mol. The summed E-state index contributed by atoms with van der Waals surface area (Å²) in [5, 5.41) is 8.60. The summed E-state index contributed by atoms with van der Waals surface area (Å²) in [5.74, 6) is 0.508. The summed E-state index contributed by atoms with van der Waals surface area (Å²) >= 11 is 0. The minimum absolute atomic E-state index is 0.215. The molecule has 0 unspecified atom stereocenters. The van der Waals surface area contributed by atoms with Crippen LogP contribution in [-0.2, 0) is 10.0 Å². The standard InChI is InChI=1S/C11H12N2O2S/c12-7-9-3-5-11(6-4-9)16(14,15)13-8-10-1-2-10/h3-6,10,13H,1-2,8H2. The van der Waals surface area contributed by atoms with Crippen molar-refractivity contribution in [3.63, 3.8) is 0 Å². The van der Waals surface area contributed by atoms with Gasteiger partial charge >= 0.3 is 0 Å². The zero-order chi connectivity index (χ0) is 11.6. The quantitative estimate of drug-likeness (QED) is 0.855. The number of sulfonamides is 1. The van der Waals surface area contributed by atoms with Crippen molar-refractivity contribution in [1.29, 1.82) is 5.26 Å². The summed E-state index contributed by atoms with van der Waals surface area (Å²) in [6.07, 6.45) is 2.21. The maximum absolute atomic E-state index is 11.8. The van der Waals surface area contributed by atoms with Gasteiger partial charge in [0.05, 0.1) is 16.5 Å². The van der Waals surface area contributed by atoms with Gasteiger partial charge in [0, 0.05) is 6.54 Å². The minimum Gasteiger partial charge on any atom is -0.211 e. The molecule has 0 radical (unpaired) electrons. The van der Waals surface area contributed by atoms with E-state index in [-0.39, 0.29) is 4.90 Å². The van der Waals surface area contributed by atoms with Gasteiger partial charge in [0.2, 0.25) is 10.0 Å². The van der Waals surface area contributed by atoms with Gasteiger partial charge in [-0.05, 0) is 43.0 Å². The minimum atomic E-state index is -3.40. The predicted octanol–water partition coefficient (Wildman–Crippen LogP) is 1.25. The smallest absolute Gasteiger partial charge is 0.211 e. The first-order chi connectivity index (χ1) is 7.62. The van der Waals surface area contributed by atoms with E-state index >= 15 is 0 Å². The Morgan fingerprint density at radius 3 is 2.44 bits per heavy atom. The van der Waals surface area contributed by atoms with Crippen LogP contribution in [0.25, 0.3) is 0 Å². The van der Waals surface area contributed by atoms with Crippen LogP contribution in [0.5, 0.6) is 0 Å². The van der Waals surface area contributed by atoms with E-state index in [9.17, 15) is 8.42 Å². The third-order valence-electron chi connectivity index (χ3n) is 2.55. The maximum atomic E-state index is 11.8. The number of nitriles is 1.